The van der Waals surface area contributed by atoms with Crippen molar-refractivity contribution in [2.24, 2.45) is 0 Å². The fourth-order valence-electron chi connectivity index (χ4n) is 0.430. The van der Waals surface area contributed by atoms with E-state index in [0.29, 0.717) is 0 Å². The Morgan fingerprint density at radius 3 is 2.42 bits per heavy atom. The molecule has 0 aliphatic heterocycles. The number of phosphoric ester groups is 1. The zero-order valence-electron chi connectivity index (χ0n) is 7.06. The van der Waals surface area contributed by atoms with E-state index in [-0.39, 0.29) is 13.2 Å². The zero-order valence-corrected chi connectivity index (χ0v) is 7.95. The second kappa shape index (κ2) is 5.32. The zero-order chi connectivity index (χ0) is 9.61. The van der Waals surface area contributed by atoms with E-state index in [0.717, 1.165) is 5.57 Å². The summed E-state index contributed by atoms with van der Waals surface area (Å²) in [6, 6.07) is 0. The maximum atomic E-state index is 10.1. The highest BCUT2D eigenvalue weighted by Gasteiger charge is 2.12. The first-order valence-electron chi connectivity index (χ1n) is 3.37. The van der Waals surface area contributed by atoms with Gasteiger partial charge in [0, 0.05) is 0 Å². The molecule has 0 unspecified atom stereocenters. The van der Waals surface area contributed by atoms with E-state index in [1.165, 1.54) is 6.26 Å². The van der Waals surface area contributed by atoms with E-state index in [9.17, 15) is 4.57 Å². The summed E-state index contributed by atoms with van der Waals surface area (Å²) >= 11 is 0. The van der Waals surface area contributed by atoms with Crippen LogP contribution in [-0.2, 0) is 13.8 Å². The minimum absolute atomic E-state index is 0.117. The van der Waals surface area contributed by atoms with Crippen LogP contribution in [0.2, 0.25) is 0 Å². The lowest BCUT2D eigenvalue weighted by Gasteiger charge is -2.04. The summed E-state index contributed by atoms with van der Waals surface area (Å²) < 4.78 is 19.1. The minimum atomic E-state index is -4.33. The minimum Gasteiger partial charge on any atom is -0.499 e. The molecule has 0 bridgehead atoms. The van der Waals surface area contributed by atoms with Crippen LogP contribution < -0.4 is 0 Å². The molecule has 0 amide bonds. The molecule has 0 aromatic rings. The van der Waals surface area contributed by atoms with Crippen LogP contribution in [0.5, 0.6) is 0 Å². The van der Waals surface area contributed by atoms with E-state index in [1.54, 1.807) is 0 Å². The van der Waals surface area contributed by atoms with Crippen LogP contribution in [0.15, 0.2) is 11.8 Å². The highest BCUT2D eigenvalue weighted by Crippen LogP contribution is 2.35. The highest BCUT2D eigenvalue weighted by atomic mass is 31.2. The van der Waals surface area contributed by atoms with Crippen molar-refractivity contribution in [2.45, 2.75) is 13.8 Å². The predicted molar refractivity (Wildman–Crippen MR) is 43.4 cm³/mol. The maximum absolute atomic E-state index is 10.1. The number of phosphoric acid groups is 1. The normalized spacial score (nSPS) is 11.0. The maximum Gasteiger partial charge on any atom is 0.469 e. The van der Waals surface area contributed by atoms with Gasteiger partial charge in [-0.05, 0) is 19.4 Å². The van der Waals surface area contributed by atoms with Crippen LogP contribution in [0.4, 0.5) is 0 Å². The molecule has 0 spiro atoms. The Hall–Kier alpha value is -0.350. The fraction of sp³-hybridized carbons (Fsp3) is 0.667. The molecule has 0 radical (unpaired) electrons. The summed E-state index contributed by atoms with van der Waals surface area (Å²) in [6.45, 7) is 3.72. The van der Waals surface area contributed by atoms with Crippen molar-refractivity contribution in [2.75, 3.05) is 13.2 Å². The second-order valence-corrected chi connectivity index (χ2v) is 3.63. The van der Waals surface area contributed by atoms with Crippen molar-refractivity contribution < 1.29 is 23.6 Å². The molecule has 0 aromatic heterocycles. The van der Waals surface area contributed by atoms with Gasteiger partial charge in [-0.2, -0.15) is 0 Å². The van der Waals surface area contributed by atoms with Crippen molar-refractivity contribution >= 4 is 7.82 Å². The Morgan fingerprint density at radius 2 is 2.00 bits per heavy atom. The molecule has 0 aliphatic carbocycles. The lowest BCUT2D eigenvalue weighted by molar-refractivity contribution is 0.140. The third-order valence-electron chi connectivity index (χ3n) is 0.780. The van der Waals surface area contributed by atoms with Gasteiger partial charge < -0.3 is 14.5 Å². The van der Waals surface area contributed by atoms with Gasteiger partial charge in [-0.25, -0.2) is 4.57 Å². The summed E-state index contributed by atoms with van der Waals surface area (Å²) in [7, 11) is -4.33. The number of allylic oxidation sites excluding steroid dienone is 1. The summed E-state index contributed by atoms with van der Waals surface area (Å²) in [5.41, 5.74) is 0.978. The summed E-state index contributed by atoms with van der Waals surface area (Å²) in [6.07, 6.45) is 1.50. The molecule has 72 valence electrons. The Morgan fingerprint density at radius 1 is 1.42 bits per heavy atom. The molecule has 0 saturated heterocycles. The van der Waals surface area contributed by atoms with Gasteiger partial charge in [0.1, 0.15) is 6.61 Å². The van der Waals surface area contributed by atoms with Gasteiger partial charge in [0.2, 0.25) is 0 Å². The van der Waals surface area contributed by atoms with Gasteiger partial charge in [-0.1, -0.05) is 0 Å². The predicted octanol–water partition coefficient (Wildman–Crippen LogP) is 1.04. The first-order valence-corrected chi connectivity index (χ1v) is 4.90. The lowest BCUT2D eigenvalue weighted by Crippen LogP contribution is -1.99. The largest absolute Gasteiger partial charge is 0.499 e. The van der Waals surface area contributed by atoms with Gasteiger partial charge in [-0.15, -0.1) is 0 Å². The van der Waals surface area contributed by atoms with Gasteiger partial charge in [0.15, 0.2) is 0 Å². The summed E-state index contributed by atoms with van der Waals surface area (Å²) in [5.74, 6) is 0. The Bertz CT molecular complexity index is 190. The molecule has 12 heavy (non-hydrogen) atoms. The van der Waals surface area contributed by atoms with E-state index in [1.807, 2.05) is 13.8 Å². The average Bonchev–Trinajstić information content (AvgIpc) is 1.83. The van der Waals surface area contributed by atoms with Crippen LogP contribution in [0, 0.1) is 0 Å². The second-order valence-electron chi connectivity index (χ2n) is 2.39. The summed E-state index contributed by atoms with van der Waals surface area (Å²) in [4.78, 5) is 16.5. The molecule has 0 fully saturated rings. The molecular formula is C6H13O5P. The van der Waals surface area contributed by atoms with Gasteiger partial charge in [-0.3, -0.25) is 4.52 Å². The van der Waals surface area contributed by atoms with Gasteiger partial charge >= 0.3 is 7.82 Å². The van der Waals surface area contributed by atoms with Crippen LogP contribution in [-0.4, -0.2) is 23.0 Å². The van der Waals surface area contributed by atoms with E-state index in [2.05, 4.69) is 4.52 Å². The van der Waals surface area contributed by atoms with Crippen LogP contribution in [0.3, 0.4) is 0 Å². The Balaban J connectivity index is 3.35. The van der Waals surface area contributed by atoms with Crippen molar-refractivity contribution in [3.8, 4) is 0 Å². The van der Waals surface area contributed by atoms with Crippen LogP contribution >= 0.6 is 7.82 Å². The van der Waals surface area contributed by atoms with Gasteiger partial charge in [0.05, 0.1) is 12.9 Å². The van der Waals surface area contributed by atoms with E-state index < -0.39 is 7.82 Å². The number of hydrogen-bond donors (Lipinski definition) is 2. The fourth-order valence-corrected chi connectivity index (χ4v) is 0.742. The first-order chi connectivity index (χ1) is 5.42. The molecule has 0 heterocycles. The smallest absolute Gasteiger partial charge is 0.469 e. The lowest BCUT2D eigenvalue weighted by atomic mass is 10.4. The molecule has 0 atom stereocenters. The highest BCUT2D eigenvalue weighted by molar-refractivity contribution is 7.46. The molecular weight excluding hydrogens is 183 g/mol. The van der Waals surface area contributed by atoms with Gasteiger partial charge in [0.25, 0.3) is 0 Å². The van der Waals surface area contributed by atoms with Crippen LogP contribution in [0.25, 0.3) is 0 Å². The monoisotopic (exact) mass is 196 g/mol. The molecule has 0 saturated carbocycles. The van der Waals surface area contributed by atoms with Crippen LogP contribution in [0.1, 0.15) is 13.8 Å². The molecule has 0 rings (SSSR count). The quantitative estimate of drug-likeness (QED) is 0.390. The number of rotatable bonds is 5. The Labute approximate surface area is 71.2 Å². The van der Waals surface area contributed by atoms with E-state index in [4.69, 9.17) is 14.5 Å². The summed E-state index contributed by atoms with van der Waals surface area (Å²) in [5, 5.41) is 0. The Kier molecular flexibility index (Phi) is 5.17. The molecule has 5 nitrogen and oxygen atoms in total. The van der Waals surface area contributed by atoms with Crippen molar-refractivity contribution in [1.29, 1.82) is 0 Å². The first kappa shape index (κ1) is 11.6. The topological polar surface area (TPSA) is 76.0 Å². The molecule has 2 N–H and O–H groups in total. The number of ether oxygens (including phenoxy) is 1. The SMILES string of the molecule is CC(C)=COCCOP(=O)(O)O. The third-order valence-corrected chi connectivity index (χ3v) is 1.30. The van der Waals surface area contributed by atoms with Crippen molar-refractivity contribution in [3.05, 3.63) is 11.8 Å². The average molecular weight is 196 g/mol. The standard InChI is InChI=1S/C6H13O5P/c1-6(2)5-10-3-4-11-12(7,8)9/h5H,3-4H2,1-2H3,(H2,7,8,9). The van der Waals surface area contributed by atoms with Crippen molar-refractivity contribution in [1.82, 2.24) is 0 Å². The molecule has 6 heteroatoms. The third kappa shape index (κ3) is 9.65. The number of hydrogen-bond acceptors (Lipinski definition) is 3. The molecule has 0 aliphatic rings. The molecule has 0 aromatic carbocycles. The van der Waals surface area contributed by atoms with E-state index >= 15 is 0 Å². The van der Waals surface area contributed by atoms with Crippen molar-refractivity contribution in [3.63, 3.8) is 0 Å².